The molecule has 42 heavy (non-hydrogen) atoms. The zero-order valence-electron chi connectivity index (χ0n) is 25.1. The van der Waals surface area contributed by atoms with E-state index in [-0.39, 0.29) is 17.3 Å². The second kappa shape index (κ2) is 10.9. The number of amides is 1. The summed E-state index contributed by atoms with van der Waals surface area (Å²) in [5.74, 6) is -0.386. The van der Waals surface area contributed by atoms with Crippen molar-refractivity contribution < 1.29 is 14.3 Å². The van der Waals surface area contributed by atoms with Crippen molar-refractivity contribution in [2.45, 2.75) is 76.9 Å². The van der Waals surface area contributed by atoms with Crippen LogP contribution in [0.5, 0.6) is 0 Å². The van der Waals surface area contributed by atoms with Crippen LogP contribution in [0.25, 0.3) is 22.3 Å². The van der Waals surface area contributed by atoms with Crippen LogP contribution in [0.4, 0.5) is 10.3 Å². The quantitative estimate of drug-likeness (QED) is 0.326. The van der Waals surface area contributed by atoms with E-state index in [0.717, 1.165) is 55.5 Å². The summed E-state index contributed by atoms with van der Waals surface area (Å²) >= 11 is 0. The Bertz CT molecular complexity index is 1640. The van der Waals surface area contributed by atoms with Crippen molar-refractivity contribution in [3.63, 3.8) is 0 Å². The number of carbonyl (C=O) groups excluding carboxylic acids is 1. The van der Waals surface area contributed by atoms with Crippen molar-refractivity contribution in [1.29, 1.82) is 0 Å². The minimum Gasteiger partial charge on any atom is -0.390 e. The fourth-order valence-corrected chi connectivity index (χ4v) is 6.55. The lowest BCUT2D eigenvalue weighted by atomic mass is 9.83. The predicted octanol–water partition coefficient (Wildman–Crippen LogP) is 5.52. The van der Waals surface area contributed by atoms with Crippen LogP contribution in [0.2, 0.25) is 0 Å². The van der Waals surface area contributed by atoms with Gasteiger partial charge in [-0.15, -0.1) is 0 Å². The Morgan fingerprint density at radius 3 is 2.45 bits per heavy atom. The van der Waals surface area contributed by atoms with Gasteiger partial charge in [0.25, 0.3) is 5.91 Å². The summed E-state index contributed by atoms with van der Waals surface area (Å²) in [5, 5.41) is 17.8. The van der Waals surface area contributed by atoms with Crippen LogP contribution in [0.1, 0.15) is 84.7 Å². The van der Waals surface area contributed by atoms with Crippen LogP contribution in [-0.4, -0.2) is 66.0 Å². The molecular formula is C32H40FN7O2. The van der Waals surface area contributed by atoms with Crippen molar-refractivity contribution in [2.75, 3.05) is 25.5 Å². The van der Waals surface area contributed by atoms with Gasteiger partial charge in [0, 0.05) is 30.0 Å². The van der Waals surface area contributed by atoms with Crippen molar-refractivity contribution in [1.82, 2.24) is 29.2 Å². The Morgan fingerprint density at radius 1 is 1.07 bits per heavy atom. The number of carbonyl (C=O) groups is 1. The molecular weight excluding hydrogens is 533 g/mol. The second-order valence-corrected chi connectivity index (χ2v) is 12.6. The van der Waals surface area contributed by atoms with Crippen molar-refractivity contribution >= 4 is 22.9 Å². The Morgan fingerprint density at radius 2 is 1.79 bits per heavy atom. The summed E-state index contributed by atoms with van der Waals surface area (Å²) in [5.41, 5.74) is 4.18. The Hall–Kier alpha value is -3.63. The molecule has 2 fully saturated rings. The van der Waals surface area contributed by atoms with E-state index in [0.29, 0.717) is 36.0 Å². The molecule has 1 aromatic carbocycles. The minimum atomic E-state index is -0.698. The molecule has 6 rings (SSSR count). The van der Waals surface area contributed by atoms with Crippen molar-refractivity contribution in [3.05, 3.63) is 58.8 Å². The largest absolute Gasteiger partial charge is 0.390 e. The monoisotopic (exact) mass is 573 g/mol. The molecule has 0 unspecified atom stereocenters. The van der Waals surface area contributed by atoms with E-state index in [1.54, 1.807) is 24.9 Å². The number of benzene rings is 1. The number of hydrogen-bond donors (Lipinski definition) is 2. The lowest BCUT2D eigenvalue weighted by Gasteiger charge is -2.34. The van der Waals surface area contributed by atoms with Crippen LogP contribution >= 0.6 is 0 Å². The second-order valence-electron chi connectivity index (χ2n) is 12.6. The molecule has 1 aliphatic carbocycles. The van der Waals surface area contributed by atoms with E-state index in [4.69, 9.17) is 4.98 Å². The van der Waals surface area contributed by atoms with E-state index >= 15 is 4.39 Å². The highest BCUT2D eigenvalue weighted by molar-refractivity contribution is 6.05. The van der Waals surface area contributed by atoms with Crippen molar-refractivity contribution in [2.24, 2.45) is 7.05 Å². The Balaban J connectivity index is 1.38. The fourth-order valence-electron chi connectivity index (χ4n) is 6.55. The van der Waals surface area contributed by atoms with E-state index in [1.807, 2.05) is 13.8 Å². The van der Waals surface area contributed by atoms with Gasteiger partial charge in [-0.25, -0.2) is 14.4 Å². The zero-order valence-corrected chi connectivity index (χ0v) is 25.1. The molecule has 1 amide bonds. The number of aromatic nitrogens is 5. The van der Waals surface area contributed by atoms with Gasteiger partial charge in [0.2, 0.25) is 5.95 Å². The molecule has 3 aromatic heterocycles. The first-order valence-corrected chi connectivity index (χ1v) is 14.9. The predicted molar refractivity (Wildman–Crippen MR) is 161 cm³/mol. The number of halogens is 1. The topological polar surface area (TPSA) is 101 Å². The molecule has 10 heteroatoms. The number of hydrogen-bond acceptors (Lipinski definition) is 6. The van der Waals surface area contributed by atoms with E-state index < -0.39 is 17.3 Å². The van der Waals surface area contributed by atoms with Gasteiger partial charge in [0.05, 0.1) is 28.4 Å². The molecule has 2 aliphatic rings. The lowest BCUT2D eigenvalue weighted by Crippen LogP contribution is -2.32. The van der Waals surface area contributed by atoms with E-state index in [1.165, 1.54) is 11.6 Å². The zero-order chi connectivity index (χ0) is 29.8. The molecule has 9 nitrogen and oxygen atoms in total. The number of pyridine rings is 1. The summed E-state index contributed by atoms with van der Waals surface area (Å²) < 4.78 is 19.6. The van der Waals surface area contributed by atoms with Gasteiger partial charge >= 0.3 is 0 Å². The van der Waals surface area contributed by atoms with Gasteiger partial charge < -0.3 is 14.6 Å². The first-order chi connectivity index (χ1) is 20.0. The van der Waals surface area contributed by atoms with Crippen LogP contribution < -0.4 is 5.32 Å². The molecule has 4 aromatic rings. The smallest absolute Gasteiger partial charge is 0.261 e. The standard InChI is InChI=1S/C32H40FN7O2/c1-19-16-24(28(33)29(35-19)25-18-34-39(5)20(25)2)30(41)37-31-36-26-17-22(21-10-14-38(4)15-11-21)6-7-27(26)40(31)23-8-12-32(3,42)13-9-23/h6-7,16-18,21,23,42H,8-15H2,1-5H3,(H,36,37,41). The highest BCUT2D eigenvalue weighted by Gasteiger charge is 2.32. The average Bonchev–Trinajstić information content (AvgIpc) is 3.48. The number of aliphatic hydroxyl groups is 1. The Kier molecular flexibility index (Phi) is 7.39. The van der Waals surface area contributed by atoms with E-state index in [9.17, 15) is 9.90 Å². The highest BCUT2D eigenvalue weighted by Crippen LogP contribution is 2.39. The van der Waals surface area contributed by atoms with Gasteiger partial charge in [-0.05, 0) is 109 Å². The normalized spacial score (nSPS) is 22.1. The summed E-state index contributed by atoms with van der Waals surface area (Å²) in [6, 6.07) is 7.98. The summed E-state index contributed by atoms with van der Waals surface area (Å²) in [6.07, 6.45) is 6.60. The SMILES string of the molecule is Cc1cc(C(=O)Nc2nc3cc(C4CCN(C)CC4)ccc3n2C2CCC(C)(O)CC2)c(F)c(-c2cnn(C)c2C)n1. The average molecular weight is 574 g/mol. The summed E-state index contributed by atoms with van der Waals surface area (Å²) in [4.78, 5) is 25.4. The summed E-state index contributed by atoms with van der Waals surface area (Å²) in [7, 11) is 3.94. The number of imidazole rings is 1. The molecule has 1 saturated carbocycles. The van der Waals surface area contributed by atoms with Crippen LogP contribution in [0.3, 0.4) is 0 Å². The van der Waals surface area contributed by atoms with Crippen molar-refractivity contribution in [3.8, 4) is 11.3 Å². The third-order valence-corrected chi connectivity index (χ3v) is 9.35. The summed E-state index contributed by atoms with van der Waals surface area (Å²) in [6.45, 7) is 7.60. The lowest BCUT2D eigenvalue weighted by molar-refractivity contribution is 0.0106. The Labute approximate surface area is 245 Å². The molecule has 1 saturated heterocycles. The number of nitrogens with zero attached hydrogens (tertiary/aromatic N) is 6. The minimum absolute atomic E-state index is 0.0531. The molecule has 222 valence electrons. The number of aryl methyl sites for hydroxylation is 2. The van der Waals surface area contributed by atoms with Gasteiger partial charge in [-0.3, -0.25) is 14.8 Å². The number of rotatable bonds is 5. The number of nitrogens with one attached hydrogen (secondary N) is 1. The van der Waals surface area contributed by atoms with E-state index in [2.05, 4.69) is 50.1 Å². The molecule has 0 bridgehead atoms. The number of anilines is 1. The van der Waals surface area contributed by atoms with Gasteiger partial charge in [0.15, 0.2) is 5.82 Å². The molecule has 0 atom stereocenters. The molecule has 0 radical (unpaired) electrons. The number of piperidine rings is 1. The molecule has 4 heterocycles. The van der Waals surface area contributed by atoms with Crippen LogP contribution in [-0.2, 0) is 7.05 Å². The molecule has 0 spiro atoms. The van der Waals surface area contributed by atoms with Crippen LogP contribution in [0.15, 0.2) is 30.5 Å². The maximum absolute atomic E-state index is 15.9. The van der Waals surface area contributed by atoms with Crippen LogP contribution in [0, 0.1) is 19.7 Å². The third kappa shape index (κ3) is 5.33. The first-order valence-electron chi connectivity index (χ1n) is 14.9. The highest BCUT2D eigenvalue weighted by atomic mass is 19.1. The van der Waals surface area contributed by atoms with Gasteiger partial charge in [-0.1, -0.05) is 6.07 Å². The molecule has 2 N–H and O–H groups in total. The first kappa shape index (κ1) is 28.5. The van der Waals surface area contributed by atoms with Gasteiger partial charge in [0.1, 0.15) is 5.69 Å². The number of likely N-dealkylation sites (tertiary alicyclic amines) is 1. The maximum atomic E-state index is 15.9. The fraction of sp³-hybridized carbons (Fsp3) is 0.500. The van der Waals surface area contributed by atoms with Gasteiger partial charge in [-0.2, -0.15) is 5.10 Å². The third-order valence-electron chi connectivity index (χ3n) is 9.35. The maximum Gasteiger partial charge on any atom is 0.261 e. The number of fused-ring (bicyclic) bond motifs is 1. The molecule has 1 aliphatic heterocycles.